The highest BCUT2D eigenvalue weighted by Gasteiger charge is 2.32. The van der Waals surface area contributed by atoms with E-state index in [2.05, 4.69) is 6.07 Å². The van der Waals surface area contributed by atoms with E-state index >= 15 is 0 Å². The lowest BCUT2D eigenvalue weighted by atomic mass is 9.83. The van der Waals surface area contributed by atoms with Crippen molar-refractivity contribution in [2.24, 2.45) is 5.73 Å². The second-order valence-corrected chi connectivity index (χ2v) is 5.44. The van der Waals surface area contributed by atoms with Gasteiger partial charge >= 0.3 is 0 Å². The molecule has 1 aliphatic rings. The molecule has 128 valence electrons. The summed E-state index contributed by atoms with van der Waals surface area (Å²) in [6, 6.07) is 13.2. The molecule has 1 aliphatic heterocycles. The quantitative estimate of drug-likeness (QED) is 0.922. The molecule has 0 fully saturated rings. The molecule has 0 radical (unpaired) electrons. The van der Waals surface area contributed by atoms with Crippen molar-refractivity contribution in [2.45, 2.75) is 5.92 Å². The van der Waals surface area contributed by atoms with Crippen molar-refractivity contribution < 1.29 is 18.9 Å². The van der Waals surface area contributed by atoms with Gasteiger partial charge in [0.1, 0.15) is 23.1 Å². The largest absolute Gasteiger partial charge is 0.497 e. The summed E-state index contributed by atoms with van der Waals surface area (Å²) >= 11 is 0. The summed E-state index contributed by atoms with van der Waals surface area (Å²) in [5.74, 6) is 2.08. The van der Waals surface area contributed by atoms with E-state index in [0.717, 1.165) is 16.9 Å². The number of fused-ring (bicyclic) bond motifs is 1. The van der Waals surface area contributed by atoms with Gasteiger partial charge in [-0.2, -0.15) is 5.26 Å². The van der Waals surface area contributed by atoms with Gasteiger partial charge in [0.15, 0.2) is 11.5 Å². The van der Waals surface area contributed by atoms with Gasteiger partial charge < -0.3 is 24.7 Å². The smallest absolute Gasteiger partial charge is 0.205 e. The lowest BCUT2D eigenvalue weighted by Crippen LogP contribution is -2.21. The molecule has 2 N–H and O–H groups in total. The molecule has 6 nitrogen and oxygen atoms in total. The maximum Gasteiger partial charge on any atom is 0.205 e. The Bertz CT molecular complexity index is 866. The van der Waals surface area contributed by atoms with Gasteiger partial charge in [0, 0.05) is 11.6 Å². The van der Waals surface area contributed by atoms with Crippen LogP contribution in [0, 0.1) is 11.3 Å². The molecule has 0 spiro atoms. The first-order valence-corrected chi connectivity index (χ1v) is 7.60. The molecule has 0 saturated heterocycles. The fraction of sp³-hybridized carbons (Fsp3) is 0.211. The maximum atomic E-state index is 9.60. The van der Waals surface area contributed by atoms with E-state index in [0.29, 0.717) is 22.8 Å². The topological polar surface area (TPSA) is 86.7 Å². The SMILES string of the molecule is COc1ccc([C@@H]2C(C#N)=C(N)Oc3cc(OC)c(OC)cc32)cc1. The third kappa shape index (κ3) is 2.81. The first-order chi connectivity index (χ1) is 12.1. The Balaban J connectivity index is 2.20. The zero-order valence-corrected chi connectivity index (χ0v) is 14.2. The molecule has 0 bridgehead atoms. The van der Waals surface area contributed by atoms with E-state index in [1.807, 2.05) is 30.3 Å². The van der Waals surface area contributed by atoms with Gasteiger partial charge in [-0.25, -0.2) is 0 Å². The number of hydrogen-bond acceptors (Lipinski definition) is 6. The number of rotatable bonds is 4. The molecule has 1 heterocycles. The molecule has 3 rings (SSSR count). The fourth-order valence-corrected chi connectivity index (χ4v) is 2.92. The Labute approximate surface area is 146 Å². The van der Waals surface area contributed by atoms with Crippen molar-refractivity contribution >= 4 is 0 Å². The summed E-state index contributed by atoms with van der Waals surface area (Å²) in [4.78, 5) is 0. The van der Waals surface area contributed by atoms with E-state index in [1.165, 1.54) is 0 Å². The average Bonchev–Trinajstić information content (AvgIpc) is 2.65. The second-order valence-electron chi connectivity index (χ2n) is 5.44. The van der Waals surface area contributed by atoms with Crippen molar-refractivity contribution in [2.75, 3.05) is 21.3 Å². The molecule has 1 atom stereocenters. The molecule has 2 aromatic rings. The summed E-state index contributed by atoms with van der Waals surface area (Å²) in [6.07, 6.45) is 0. The van der Waals surface area contributed by atoms with Crippen molar-refractivity contribution in [3.8, 4) is 29.1 Å². The lowest BCUT2D eigenvalue weighted by molar-refractivity contribution is 0.344. The van der Waals surface area contributed by atoms with Gasteiger partial charge in [-0.15, -0.1) is 0 Å². The standard InChI is InChI=1S/C19H18N2O4/c1-22-12-6-4-11(5-7-12)18-13-8-16(23-2)17(24-3)9-15(13)25-19(21)14(18)10-20/h4-9,18H,21H2,1-3H3/t18-/m0/s1. The number of allylic oxidation sites excluding steroid dienone is 1. The molecule has 25 heavy (non-hydrogen) atoms. The zero-order chi connectivity index (χ0) is 18.0. The average molecular weight is 338 g/mol. The van der Waals surface area contributed by atoms with Gasteiger partial charge in [-0.05, 0) is 23.8 Å². The number of ether oxygens (including phenoxy) is 4. The Kier molecular flexibility index (Phi) is 4.40. The number of benzene rings is 2. The predicted molar refractivity (Wildman–Crippen MR) is 91.8 cm³/mol. The Morgan fingerprint density at radius 1 is 1.00 bits per heavy atom. The van der Waals surface area contributed by atoms with Gasteiger partial charge in [-0.1, -0.05) is 12.1 Å². The highest BCUT2D eigenvalue weighted by molar-refractivity contribution is 5.61. The van der Waals surface area contributed by atoms with Crippen molar-refractivity contribution in [1.29, 1.82) is 5.26 Å². The van der Waals surface area contributed by atoms with Crippen molar-refractivity contribution in [1.82, 2.24) is 0 Å². The lowest BCUT2D eigenvalue weighted by Gasteiger charge is -2.27. The second kappa shape index (κ2) is 6.65. The monoisotopic (exact) mass is 338 g/mol. The van der Waals surface area contributed by atoms with Gasteiger partial charge in [0.25, 0.3) is 0 Å². The van der Waals surface area contributed by atoms with E-state index in [4.69, 9.17) is 24.7 Å². The Hall–Kier alpha value is -3.33. The number of nitrogens with two attached hydrogens (primary N) is 1. The van der Waals surface area contributed by atoms with Crippen LogP contribution in [-0.4, -0.2) is 21.3 Å². The molecule has 0 saturated carbocycles. The third-order valence-corrected chi connectivity index (χ3v) is 4.17. The van der Waals surface area contributed by atoms with Crippen LogP contribution < -0.4 is 24.7 Å². The summed E-state index contributed by atoms with van der Waals surface area (Å²) in [6.45, 7) is 0. The van der Waals surface area contributed by atoms with E-state index in [1.54, 1.807) is 27.4 Å². The van der Waals surface area contributed by atoms with Gasteiger partial charge in [-0.3, -0.25) is 0 Å². The van der Waals surface area contributed by atoms with Crippen LogP contribution in [0.5, 0.6) is 23.0 Å². The zero-order valence-electron chi connectivity index (χ0n) is 14.2. The summed E-state index contributed by atoms with van der Waals surface area (Å²) in [5, 5.41) is 9.60. The van der Waals surface area contributed by atoms with Crippen LogP contribution in [0.4, 0.5) is 0 Å². The summed E-state index contributed by atoms with van der Waals surface area (Å²) in [7, 11) is 4.72. The van der Waals surface area contributed by atoms with Crippen LogP contribution in [0.2, 0.25) is 0 Å². The van der Waals surface area contributed by atoms with Crippen LogP contribution in [0.1, 0.15) is 17.0 Å². The van der Waals surface area contributed by atoms with Gasteiger partial charge in [0.05, 0.1) is 27.2 Å². The Morgan fingerprint density at radius 3 is 2.20 bits per heavy atom. The number of nitrogens with zero attached hydrogens (tertiary/aromatic N) is 1. The van der Waals surface area contributed by atoms with E-state index in [9.17, 15) is 5.26 Å². The third-order valence-electron chi connectivity index (χ3n) is 4.17. The van der Waals surface area contributed by atoms with Gasteiger partial charge in [0.2, 0.25) is 5.88 Å². The minimum Gasteiger partial charge on any atom is -0.497 e. The van der Waals surface area contributed by atoms with Crippen LogP contribution in [-0.2, 0) is 0 Å². The summed E-state index contributed by atoms with van der Waals surface area (Å²) < 4.78 is 21.6. The molecule has 0 aliphatic carbocycles. The first-order valence-electron chi connectivity index (χ1n) is 7.60. The van der Waals surface area contributed by atoms with E-state index in [-0.39, 0.29) is 11.8 Å². The molecular weight excluding hydrogens is 320 g/mol. The predicted octanol–water partition coefficient (Wildman–Crippen LogP) is 2.93. The maximum absolute atomic E-state index is 9.60. The fourth-order valence-electron chi connectivity index (χ4n) is 2.92. The van der Waals surface area contributed by atoms with Crippen LogP contribution in [0.25, 0.3) is 0 Å². The first kappa shape index (κ1) is 16.5. The number of methoxy groups -OCH3 is 3. The highest BCUT2D eigenvalue weighted by atomic mass is 16.5. The molecule has 0 aromatic heterocycles. The minimum atomic E-state index is -0.362. The minimum absolute atomic E-state index is 0.0861. The molecule has 6 heteroatoms. The number of hydrogen-bond donors (Lipinski definition) is 1. The molecular formula is C19H18N2O4. The number of nitriles is 1. The Morgan fingerprint density at radius 2 is 1.64 bits per heavy atom. The van der Waals surface area contributed by atoms with E-state index < -0.39 is 0 Å². The van der Waals surface area contributed by atoms with Crippen LogP contribution >= 0.6 is 0 Å². The van der Waals surface area contributed by atoms with Crippen LogP contribution in [0.3, 0.4) is 0 Å². The molecule has 0 amide bonds. The summed E-state index contributed by atoms with van der Waals surface area (Å²) in [5.41, 5.74) is 8.03. The molecule has 2 aromatic carbocycles. The molecule has 0 unspecified atom stereocenters. The van der Waals surface area contributed by atoms with Crippen molar-refractivity contribution in [3.63, 3.8) is 0 Å². The van der Waals surface area contributed by atoms with Crippen LogP contribution in [0.15, 0.2) is 47.9 Å². The highest BCUT2D eigenvalue weighted by Crippen LogP contribution is 2.46. The normalized spacial score (nSPS) is 15.7. The van der Waals surface area contributed by atoms with Crippen molar-refractivity contribution in [3.05, 3.63) is 59.0 Å².